The monoisotopic (exact) mass is 888 g/mol. The van der Waals surface area contributed by atoms with Gasteiger partial charge in [-0.15, -0.1) is 11.6 Å². The predicted octanol–water partition coefficient (Wildman–Crippen LogP) is 3.44. The van der Waals surface area contributed by atoms with E-state index in [9.17, 15) is 44.4 Å². The smallest absolute Gasteiger partial charge is 0.327 e. The van der Waals surface area contributed by atoms with Crippen LogP contribution in [-0.4, -0.2) is 125 Å². The molecule has 0 aromatic heterocycles. The molecule has 0 saturated carbocycles. The highest BCUT2D eigenvalue weighted by Gasteiger charge is 2.45. The molecule has 3 unspecified atom stereocenters. The summed E-state index contributed by atoms with van der Waals surface area (Å²) in [6, 6.07) is 0. The summed E-state index contributed by atoms with van der Waals surface area (Å²) in [4.78, 5) is 44.1. The van der Waals surface area contributed by atoms with Crippen molar-refractivity contribution in [2.45, 2.75) is 88.4 Å². The Bertz CT molecular complexity index is 1230. The molecule has 0 N–H and O–H groups in total. The minimum absolute atomic E-state index is 0.187. The van der Waals surface area contributed by atoms with Crippen LogP contribution >= 0.6 is 43.5 Å². The number of carbonyl (C=O) groups excluding carboxylic acids is 4. The molecule has 0 aromatic carbocycles. The number of halogens is 3. The molecule has 0 radical (unpaired) electrons. The van der Waals surface area contributed by atoms with Crippen LogP contribution in [0.5, 0.6) is 0 Å². The van der Waals surface area contributed by atoms with Crippen molar-refractivity contribution in [3.8, 4) is 0 Å². The summed E-state index contributed by atoms with van der Waals surface area (Å²) in [5.74, 6) is -2.40. The highest BCUT2D eigenvalue weighted by Crippen LogP contribution is 2.24. The van der Waals surface area contributed by atoms with Crippen LogP contribution < -0.4 is 0 Å². The van der Waals surface area contributed by atoms with Gasteiger partial charge in [0.15, 0.2) is 44.3 Å². The van der Waals surface area contributed by atoms with E-state index in [-0.39, 0.29) is 38.6 Å². The van der Waals surface area contributed by atoms with Crippen molar-refractivity contribution < 1.29 is 63.4 Å². The number of ether oxygens (including phenoxy) is 4. The SMILES string of the molecule is CCOC(=O)C(C)(CCBr)S(C)(=O)=O.CCOC(=O)C(C)Cl.CCOC(=O)C(C)S(C)(=O)=O.CCOC(=O)[C@@](C)(CCBr)S(C)(=O)=O. The number of sulfone groups is 3. The van der Waals surface area contributed by atoms with E-state index >= 15 is 0 Å². The fourth-order valence-electron chi connectivity index (χ4n) is 2.50. The zero-order valence-electron chi connectivity index (χ0n) is 28.9. The third-order valence-electron chi connectivity index (χ3n) is 6.07. The van der Waals surface area contributed by atoms with E-state index in [4.69, 9.17) is 21.1 Å². The van der Waals surface area contributed by atoms with E-state index in [2.05, 4.69) is 41.3 Å². The number of esters is 4. The summed E-state index contributed by atoms with van der Waals surface area (Å²) in [5.41, 5.74) is 0. The van der Waals surface area contributed by atoms with E-state index in [0.717, 1.165) is 18.8 Å². The summed E-state index contributed by atoms with van der Waals surface area (Å²) >= 11 is 11.6. The van der Waals surface area contributed by atoms with Crippen LogP contribution in [0.3, 0.4) is 0 Å². The average molecular weight is 891 g/mol. The Morgan fingerprint density at radius 1 is 0.617 bits per heavy atom. The first kappa shape index (κ1) is 52.8. The Kier molecular flexibility index (Phi) is 28.1. The second kappa shape index (κ2) is 25.0. The van der Waals surface area contributed by atoms with Crippen molar-refractivity contribution in [3.63, 3.8) is 0 Å². The van der Waals surface area contributed by atoms with E-state index < -0.39 is 67.5 Å². The lowest BCUT2D eigenvalue weighted by Crippen LogP contribution is -2.44. The molecule has 47 heavy (non-hydrogen) atoms. The highest BCUT2D eigenvalue weighted by atomic mass is 79.9. The van der Waals surface area contributed by atoms with Crippen molar-refractivity contribution >= 4 is 96.8 Å². The van der Waals surface area contributed by atoms with Crippen LogP contribution in [0.25, 0.3) is 0 Å². The Morgan fingerprint density at radius 3 is 1.06 bits per heavy atom. The molecule has 0 bridgehead atoms. The first-order valence-corrected chi connectivity index (χ1v) is 22.6. The molecule has 0 rings (SSSR count). The van der Waals surface area contributed by atoms with Crippen LogP contribution in [0.4, 0.5) is 0 Å². The fourth-order valence-corrected chi connectivity index (χ4v) is 6.76. The lowest BCUT2D eigenvalue weighted by Gasteiger charge is -2.24. The maximum atomic E-state index is 11.5. The molecular weight excluding hydrogens is 840 g/mol. The predicted molar refractivity (Wildman–Crippen MR) is 189 cm³/mol. The lowest BCUT2D eigenvalue weighted by molar-refractivity contribution is -0.146. The number of alkyl halides is 3. The van der Waals surface area contributed by atoms with Crippen LogP contribution in [0.15, 0.2) is 0 Å². The van der Waals surface area contributed by atoms with Gasteiger partial charge in [0.2, 0.25) is 0 Å². The maximum absolute atomic E-state index is 11.5. The molecule has 0 aliphatic rings. The molecule has 14 nitrogen and oxygen atoms in total. The summed E-state index contributed by atoms with van der Waals surface area (Å²) in [6.45, 7) is 13.3. The first-order chi connectivity index (χ1) is 21.2. The van der Waals surface area contributed by atoms with Gasteiger partial charge in [-0.3, -0.25) is 19.2 Å². The van der Waals surface area contributed by atoms with Gasteiger partial charge in [-0.2, -0.15) is 0 Å². The van der Waals surface area contributed by atoms with Crippen LogP contribution in [0.2, 0.25) is 0 Å². The molecule has 0 amide bonds. The molecule has 0 spiro atoms. The Labute approximate surface area is 302 Å². The summed E-state index contributed by atoms with van der Waals surface area (Å²) in [6.07, 6.45) is 3.53. The molecule has 20 heteroatoms. The van der Waals surface area contributed by atoms with E-state index in [1.54, 1.807) is 34.6 Å². The van der Waals surface area contributed by atoms with Crippen LogP contribution in [-0.2, 0) is 67.6 Å². The number of hydrogen-bond acceptors (Lipinski definition) is 14. The van der Waals surface area contributed by atoms with Gasteiger partial charge in [0.05, 0.1) is 26.4 Å². The minimum Gasteiger partial charge on any atom is -0.465 e. The molecule has 282 valence electrons. The van der Waals surface area contributed by atoms with Gasteiger partial charge in [-0.1, -0.05) is 31.9 Å². The van der Waals surface area contributed by atoms with Gasteiger partial charge in [0.1, 0.15) is 5.38 Å². The molecule has 0 aliphatic heterocycles. The lowest BCUT2D eigenvalue weighted by atomic mass is 10.1. The summed E-state index contributed by atoms with van der Waals surface area (Å²) in [7, 11) is -10.2. The van der Waals surface area contributed by atoms with Crippen molar-refractivity contribution in [3.05, 3.63) is 0 Å². The van der Waals surface area contributed by atoms with Gasteiger partial charge >= 0.3 is 23.9 Å². The van der Waals surface area contributed by atoms with Gasteiger partial charge in [-0.05, 0) is 68.2 Å². The third-order valence-corrected chi connectivity index (χ3v) is 12.5. The highest BCUT2D eigenvalue weighted by molar-refractivity contribution is 9.09. The quantitative estimate of drug-likeness (QED) is 0.131. The average Bonchev–Trinajstić information content (AvgIpc) is 2.92. The molecule has 4 atom stereocenters. The van der Waals surface area contributed by atoms with Crippen molar-refractivity contribution in [2.75, 3.05) is 55.9 Å². The Balaban J connectivity index is -0.000000268. The standard InChI is InChI=1S/2C8H15BrO4S.C6H12O4S.C5H9ClO2/c2*1-4-13-7(10)8(2,5-6-9)14(3,11)12;1-4-10-6(7)5(2)11(3,8)9;1-3-8-5(7)4(2)6/h2*4-6H2,1-3H3;5H,4H2,1-3H3;4H,3H2,1-2H3/t8-;;;/m1.../s1. The summed E-state index contributed by atoms with van der Waals surface area (Å²) in [5, 5.41) is -0.692. The van der Waals surface area contributed by atoms with Gasteiger partial charge in [-0.25, -0.2) is 25.3 Å². The Hall–Kier alpha value is -1.02. The van der Waals surface area contributed by atoms with Crippen LogP contribution in [0, 0.1) is 0 Å². The minimum atomic E-state index is -3.45. The normalized spacial score (nSPS) is 15.0. The number of hydrogen-bond donors (Lipinski definition) is 0. The van der Waals surface area contributed by atoms with E-state index in [1.807, 2.05) is 0 Å². The molecule has 0 aliphatic carbocycles. The number of carbonyl (C=O) groups is 4. The topological polar surface area (TPSA) is 208 Å². The molecule has 0 aromatic rings. The van der Waals surface area contributed by atoms with E-state index in [1.165, 1.54) is 20.8 Å². The second-order valence-electron chi connectivity index (χ2n) is 9.92. The summed E-state index contributed by atoms with van der Waals surface area (Å²) < 4.78 is 82.9. The van der Waals surface area contributed by atoms with Crippen molar-refractivity contribution in [1.82, 2.24) is 0 Å². The van der Waals surface area contributed by atoms with Crippen molar-refractivity contribution in [1.29, 1.82) is 0 Å². The largest absolute Gasteiger partial charge is 0.465 e. The van der Waals surface area contributed by atoms with Crippen molar-refractivity contribution in [2.24, 2.45) is 0 Å². The van der Waals surface area contributed by atoms with Crippen LogP contribution in [0.1, 0.15) is 68.2 Å². The van der Waals surface area contributed by atoms with E-state index in [0.29, 0.717) is 17.3 Å². The molecular formula is C27H51Br2ClO14S3. The maximum Gasteiger partial charge on any atom is 0.327 e. The molecule has 0 fully saturated rings. The first-order valence-electron chi connectivity index (χ1n) is 14.2. The van der Waals surface area contributed by atoms with Gasteiger partial charge in [0.25, 0.3) is 0 Å². The fraction of sp³-hybridized carbons (Fsp3) is 0.852. The zero-order chi connectivity index (χ0) is 38.4. The molecule has 0 saturated heterocycles. The number of rotatable bonds is 15. The Morgan fingerprint density at radius 2 is 0.894 bits per heavy atom. The van der Waals surface area contributed by atoms with Gasteiger partial charge in [0, 0.05) is 29.4 Å². The molecule has 0 heterocycles. The third kappa shape index (κ3) is 20.9. The second-order valence-corrected chi connectivity index (χ2v) is 19.4. The van der Waals surface area contributed by atoms with Gasteiger partial charge < -0.3 is 18.9 Å². The zero-order valence-corrected chi connectivity index (χ0v) is 35.3.